The first-order valence-electron chi connectivity index (χ1n) is 8.51. The number of fused-ring (bicyclic) bond motifs is 1. The van der Waals surface area contributed by atoms with E-state index in [2.05, 4.69) is 5.32 Å². The van der Waals surface area contributed by atoms with Gasteiger partial charge in [-0.25, -0.2) is 0 Å². The summed E-state index contributed by atoms with van der Waals surface area (Å²) in [6, 6.07) is 0. The lowest BCUT2D eigenvalue weighted by molar-refractivity contribution is 0.153. The number of rotatable bonds is 7. The van der Waals surface area contributed by atoms with E-state index < -0.39 is 0 Å². The molecule has 19 heavy (non-hydrogen) atoms. The second-order valence-corrected chi connectivity index (χ2v) is 7.54. The van der Waals surface area contributed by atoms with Crippen LogP contribution in [0.25, 0.3) is 0 Å². The summed E-state index contributed by atoms with van der Waals surface area (Å²) in [4.78, 5) is 0. The van der Waals surface area contributed by atoms with E-state index in [0.29, 0.717) is 5.41 Å². The lowest BCUT2D eigenvalue weighted by Crippen LogP contribution is -2.36. The first kappa shape index (κ1) is 13.9. The van der Waals surface area contributed by atoms with Gasteiger partial charge in [0.2, 0.25) is 0 Å². The largest absolute Gasteiger partial charge is 0.383 e. The van der Waals surface area contributed by atoms with Crippen LogP contribution in [0.3, 0.4) is 0 Å². The molecule has 3 saturated carbocycles. The van der Waals surface area contributed by atoms with Crippen molar-refractivity contribution < 1.29 is 4.74 Å². The van der Waals surface area contributed by atoms with Gasteiger partial charge in [-0.2, -0.15) is 0 Å². The summed E-state index contributed by atoms with van der Waals surface area (Å²) in [7, 11) is 1.80. The Labute approximate surface area is 118 Å². The summed E-state index contributed by atoms with van der Waals surface area (Å²) in [5.74, 6) is 3.25. The van der Waals surface area contributed by atoms with Crippen molar-refractivity contribution in [3.63, 3.8) is 0 Å². The van der Waals surface area contributed by atoms with E-state index in [1.807, 2.05) is 0 Å². The molecule has 0 bridgehead atoms. The maximum Gasteiger partial charge on any atom is 0.0587 e. The van der Waals surface area contributed by atoms with E-state index in [9.17, 15) is 0 Å². The van der Waals surface area contributed by atoms with Crippen molar-refractivity contribution in [1.82, 2.24) is 5.32 Å². The molecule has 2 heteroatoms. The lowest BCUT2D eigenvalue weighted by atomic mass is 9.71. The van der Waals surface area contributed by atoms with Crippen LogP contribution in [-0.2, 0) is 4.74 Å². The van der Waals surface area contributed by atoms with Crippen LogP contribution in [0.5, 0.6) is 0 Å². The van der Waals surface area contributed by atoms with E-state index in [0.717, 1.165) is 30.9 Å². The summed E-state index contributed by atoms with van der Waals surface area (Å²) in [5.41, 5.74) is 0.656. The van der Waals surface area contributed by atoms with Crippen molar-refractivity contribution in [3.8, 4) is 0 Å². The molecule has 3 aliphatic rings. The van der Waals surface area contributed by atoms with Crippen LogP contribution in [0.15, 0.2) is 0 Å². The molecule has 2 nitrogen and oxygen atoms in total. The normalized spacial score (nSPS) is 38.4. The second-order valence-electron chi connectivity index (χ2n) is 7.54. The highest BCUT2D eigenvalue weighted by molar-refractivity contribution is 5.04. The Bertz CT molecular complexity index is 275. The summed E-state index contributed by atoms with van der Waals surface area (Å²) in [5, 5.41) is 3.67. The fourth-order valence-corrected chi connectivity index (χ4v) is 4.92. The Morgan fingerprint density at radius 2 is 1.84 bits per heavy atom. The highest BCUT2D eigenvalue weighted by atomic mass is 16.5. The zero-order valence-electron chi connectivity index (χ0n) is 12.6. The molecule has 0 radical (unpaired) electrons. The minimum absolute atomic E-state index is 0.656. The molecule has 0 saturated heterocycles. The maximum atomic E-state index is 5.16. The van der Waals surface area contributed by atoms with Crippen molar-refractivity contribution in [3.05, 3.63) is 0 Å². The van der Waals surface area contributed by atoms with Gasteiger partial charge >= 0.3 is 0 Å². The fourth-order valence-electron chi connectivity index (χ4n) is 4.92. The predicted molar refractivity (Wildman–Crippen MR) is 79.2 cm³/mol. The molecule has 3 rings (SSSR count). The molecule has 0 spiro atoms. The maximum absolute atomic E-state index is 5.16. The molecule has 0 heterocycles. The van der Waals surface area contributed by atoms with Crippen LogP contribution in [-0.4, -0.2) is 26.8 Å². The summed E-state index contributed by atoms with van der Waals surface area (Å²) in [6.45, 7) is 3.13. The van der Waals surface area contributed by atoms with Gasteiger partial charge in [-0.05, 0) is 48.9 Å². The SMILES string of the molecule is COCCNCC1(CC2CCCCC2)CC2CC2C1. The first-order valence-corrected chi connectivity index (χ1v) is 8.51. The second kappa shape index (κ2) is 6.13. The van der Waals surface area contributed by atoms with Crippen molar-refractivity contribution in [1.29, 1.82) is 0 Å². The minimum Gasteiger partial charge on any atom is -0.383 e. The molecular weight excluding hydrogens is 234 g/mol. The van der Waals surface area contributed by atoms with Crippen LogP contribution in [0, 0.1) is 23.2 Å². The first-order chi connectivity index (χ1) is 9.31. The van der Waals surface area contributed by atoms with Gasteiger partial charge in [-0.1, -0.05) is 32.1 Å². The molecule has 1 N–H and O–H groups in total. The van der Waals surface area contributed by atoms with Crippen LogP contribution in [0.4, 0.5) is 0 Å². The highest BCUT2D eigenvalue weighted by Crippen LogP contribution is 2.62. The topological polar surface area (TPSA) is 21.3 Å². The van der Waals surface area contributed by atoms with E-state index >= 15 is 0 Å². The average Bonchev–Trinajstić information content (AvgIpc) is 3.04. The van der Waals surface area contributed by atoms with Crippen molar-refractivity contribution in [2.24, 2.45) is 23.2 Å². The smallest absolute Gasteiger partial charge is 0.0587 e. The van der Waals surface area contributed by atoms with Gasteiger partial charge in [0, 0.05) is 20.2 Å². The van der Waals surface area contributed by atoms with Crippen molar-refractivity contribution >= 4 is 0 Å². The Balaban J connectivity index is 1.51. The monoisotopic (exact) mass is 265 g/mol. The standard InChI is InChI=1S/C17H31NO/c1-19-8-7-18-13-17(11-15-9-16(15)12-17)10-14-5-3-2-4-6-14/h14-16,18H,2-13H2,1H3. The fraction of sp³-hybridized carbons (Fsp3) is 1.00. The molecule has 110 valence electrons. The third-order valence-corrected chi connectivity index (χ3v) is 5.89. The summed E-state index contributed by atoms with van der Waals surface area (Å²) >= 11 is 0. The van der Waals surface area contributed by atoms with E-state index in [1.165, 1.54) is 57.9 Å². The van der Waals surface area contributed by atoms with E-state index in [1.54, 1.807) is 13.5 Å². The Kier molecular flexibility index (Phi) is 4.48. The number of methoxy groups -OCH3 is 1. The van der Waals surface area contributed by atoms with Gasteiger partial charge in [0.1, 0.15) is 0 Å². The van der Waals surface area contributed by atoms with Crippen LogP contribution >= 0.6 is 0 Å². The Morgan fingerprint density at radius 3 is 2.53 bits per heavy atom. The molecular formula is C17H31NO. The summed E-state index contributed by atoms with van der Waals surface area (Å²) < 4.78 is 5.16. The molecule has 0 aromatic carbocycles. The predicted octanol–water partition coefficient (Wildman–Crippen LogP) is 3.61. The molecule has 0 aliphatic heterocycles. The van der Waals surface area contributed by atoms with Crippen LogP contribution < -0.4 is 5.32 Å². The van der Waals surface area contributed by atoms with Gasteiger partial charge in [-0.3, -0.25) is 0 Å². The molecule has 0 aromatic heterocycles. The molecule has 0 amide bonds. The zero-order valence-corrected chi connectivity index (χ0v) is 12.6. The molecule has 0 aromatic rings. The van der Waals surface area contributed by atoms with Gasteiger partial charge < -0.3 is 10.1 Å². The van der Waals surface area contributed by atoms with Crippen molar-refractivity contribution in [2.75, 3.05) is 26.8 Å². The van der Waals surface area contributed by atoms with E-state index in [-0.39, 0.29) is 0 Å². The van der Waals surface area contributed by atoms with Gasteiger partial charge in [0.25, 0.3) is 0 Å². The van der Waals surface area contributed by atoms with Gasteiger partial charge in [-0.15, -0.1) is 0 Å². The third-order valence-electron chi connectivity index (χ3n) is 5.89. The van der Waals surface area contributed by atoms with Gasteiger partial charge in [0.05, 0.1) is 6.61 Å². The van der Waals surface area contributed by atoms with Gasteiger partial charge in [0.15, 0.2) is 0 Å². The lowest BCUT2D eigenvalue weighted by Gasteiger charge is -2.36. The van der Waals surface area contributed by atoms with Crippen LogP contribution in [0.2, 0.25) is 0 Å². The summed E-state index contributed by atoms with van der Waals surface area (Å²) in [6.07, 6.45) is 13.6. The number of ether oxygens (including phenoxy) is 1. The highest BCUT2D eigenvalue weighted by Gasteiger charge is 2.53. The zero-order chi connectivity index (χ0) is 13.1. The average molecular weight is 265 g/mol. The Morgan fingerprint density at radius 1 is 1.11 bits per heavy atom. The molecule has 3 fully saturated rings. The number of hydrogen-bond donors (Lipinski definition) is 1. The van der Waals surface area contributed by atoms with E-state index in [4.69, 9.17) is 4.74 Å². The minimum atomic E-state index is 0.656. The van der Waals surface area contributed by atoms with Crippen LogP contribution in [0.1, 0.15) is 57.8 Å². The number of hydrogen-bond acceptors (Lipinski definition) is 2. The molecule has 2 unspecified atom stereocenters. The third kappa shape index (κ3) is 3.52. The van der Waals surface area contributed by atoms with Crippen molar-refractivity contribution in [2.45, 2.75) is 57.8 Å². The molecule has 2 atom stereocenters. The quantitative estimate of drug-likeness (QED) is 0.710. The number of nitrogens with one attached hydrogen (secondary N) is 1. The Hall–Kier alpha value is -0.0800. The molecule has 3 aliphatic carbocycles.